The molecule has 1 aromatic carbocycles. The molecule has 0 aromatic heterocycles. The first-order valence-corrected chi connectivity index (χ1v) is 5.42. The van der Waals surface area contributed by atoms with Crippen LogP contribution in [0.4, 0.5) is 4.39 Å². The quantitative estimate of drug-likeness (QED) is 0.710. The van der Waals surface area contributed by atoms with Gasteiger partial charge in [0.1, 0.15) is 5.82 Å². The largest absolute Gasteiger partial charge is 0.205 e. The number of hydrogen-bond donors (Lipinski definition) is 0. The summed E-state index contributed by atoms with van der Waals surface area (Å²) < 4.78 is 13.3. The van der Waals surface area contributed by atoms with Gasteiger partial charge in [-0.1, -0.05) is 30.5 Å². The van der Waals surface area contributed by atoms with E-state index in [1.165, 1.54) is 12.1 Å². The Morgan fingerprint density at radius 1 is 1.33 bits per heavy atom. The zero-order chi connectivity index (χ0) is 10.9. The van der Waals surface area contributed by atoms with Gasteiger partial charge in [0.05, 0.1) is 16.5 Å². The van der Waals surface area contributed by atoms with Gasteiger partial charge in [-0.3, -0.25) is 0 Å². The number of rotatable bonds is 1. The Morgan fingerprint density at radius 3 is 2.53 bits per heavy atom. The molecule has 0 N–H and O–H groups in total. The van der Waals surface area contributed by atoms with Gasteiger partial charge in [-0.2, -0.15) is 5.26 Å². The number of nitriles is 1. The van der Waals surface area contributed by atoms with Gasteiger partial charge in [-0.05, 0) is 30.5 Å². The molecular formula is C12H11ClFN. The molecule has 1 fully saturated rings. The molecule has 0 saturated heterocycles. The normalized spacial score (nSPS) is 18.7. The minimum atomic E-state index is -0.481. The van der Waals surface area contributed by atoms with Crippen molar-refractivity contribution in [2.75, 3.05) is 0 Å². The van der Waals surface area contributed by atoms with Crippen molar-refractivity contribution in [3.8, 4) is 6.07 Å². The molecule has 1 saturated carbocycles. The molecule has 0 heterocycles. The van der Waals surface area contributed by atoms with Crippen molar-refractivity contribution in [3.63, 3.8) is 0 Å². The first-order valence-electron chi connectivity index (χ1n) is 5.05. The molecular weight excluding hydrogens is 213 g/mol. The van der Waals surface area contributed by atoms with E-state index in [9.17, 15) is 9.65 Å². The topological polar surface area (TPSA) is 23.8 Å². The molecule has 0 amide bonds. The number of benzene rings is 1. The summed E-state index contributed by atoms with van der Waals surface area (Å²) in [7, 11) is 0. The molecule has 1 nitrogen and oxygen atoms in total. The van der Waals surface area contributed by atoms with E-state index >= 15 is 0 Å². The van der Waals surface area contributed by atoms with E-state index in [2.05, 4.69) is 6.07 Å². The van der Waals surface area contributed by atoms with Crippen molar-refractivity contribution >= 4 is 11.6 Å². The second kappa shape index (κ2) is 3.83. The lowest BCUT2D eigenvalue weighted by Gasteiger charge is -2.20. The second-order valence-corrected chi connectivity index (χ2v) is 4.44. The van der Waals surface area contributed by atoms with Crippen molar-refractivity contribution in [2.24, 2.45) is 0 Å². The van der Waals surface area contributed by atoms with Gasteiger partial charge in [0.2, 0.25) is 0 Å². The molecule has 1 aromatic rings. The van der Waals surface area contributed by atoms with Crippen LogP contribution in [-0.4, -0.2) is 0 Å². The Hall–Kier alpha value is -1.07. The Morgan fingerprint density at radius 2 is 2.00 bits per heavy atom. The third-order valence-corrected chi connectivity index (χ3v) is 3.45. The van der Waals surface area contributed by atoms with Gasteiger partial charge in [0.25, 0.3) is 0 Å². The summed E-state index contributed by atoms with van der Waals surface area (Å²) in [4.78, 5) is 0. The van der Waals surface area contributed by atoms with Crippen LogP contribution in [0.15, 0.2) is 18.2 Å². The molecule has 78 valence electrons. The van der Waals surface area contributed by atoms with Crippen molar-refractivity contribution in [3.05, 3.63) is 34.6 Å². The fraction of sp³-hybridized carbons (Fsp3) is 0.417. The van der Waals surface area contributed by atoms with Crippen LogP contribution >= 0.6 is 11.6 Å². The molecule has 0 aliphatic heterocycles. The Kier molecular flexibility index (Phi) is 2.67. The third-order valence-electron chi connectivity index (χ3n) is 3.14. The van der Waals surface area contributed by atoms with Crippen LogP contribution in [0.1, 0.15) is 31.2 Å². The van der Waals surface area contributed by atoms with Crippen molar-refractivity contribution in [2.45, 2.75) is 31.1 Å². The summed E-state index contributed by atoms with van der Waals surface area (Å²) in [6.07, 6.45) is 3.73. The molecule has 1 aliphatic carbocycles. The van der Waals surface area contributed by atoms with Crippen LogP contribution in [0.5, 0.6) is 0 Å². The predicted octanol–water partition coefficient (Wildman–Crippen LogP) is 3.81. The Labute approximate surface area is 93.5 Å². The summed E-state index contributed by atoms with van der Waals surface area (Å²) in [5.74, 6) is -0.435. The molecule has 0 radical (unpaired) electrons. The average Bonchev–Trinajstić information content (AvgIpc) is 2.72. The maximum Gasteiger partial charge on any atom is 0.142 e. The van der Waals surface area contributed by atoms with E-state index in [0.717, 1.165) is 31.2 Å². The first-order chi connectivity index (χ1) is 7.18. The Bertz CT molecular complexity index is 416. The van der Waals surface area contributed by atoms with E-state index in [1.54, 1.807) is 6.07 Å². The van der Waals surface area contributed by atoms with Gasteiger partial charge < -0.3 is 0 Å². The lowest BCUT2D eigenvalue weighted by molar-refractivity contribution is 0.560. The van der Waals surface area contributed by atoms with E-state index < -0.39 is 11.2 Å². The van der Waals surface area contributed by atoms with Gasteiger partial charge in [-0.15, -0.1) is 0 Å². The van der Waals surface area contributed by atoms with Crippen molar-refractivity contribution < 1.29 is 4.39 Å². The maximum atomic E-state index is 13.3. The smallest absolute Gasteiger partial charge is 0.142 e. The fourth-order valence-electron chi connectivity index (χ4n) is 2.24. The van der Waals surface area contributed by atoms with Crippen LogP contribution in [0, 0.1) is 17.1 Å². The van der Waals surface area contributed by atoms with E-state index in [1.807, 2.05) is 0 Å². The Balaban J connectivity index is 2.44. The van der Waals surface area contributed by atoms with Gasteiger partial charge in [0.15, 0.2) is 0 Å². The summed E-state index contributed by atoms with van der Waals surface area (Å²) in [6.45, 7) is 0. The summed E-state index contributed by atoms with van der Waals surface area (Å²) >= 11 is 5.62. The minimum Gasteiger partial charge on any atom is -0.205 e. The minimum absolute atomic E-state index is 0.116. The van der Waals surface area contributed by atoms with Crippen LogP contribution < -0.4 is 0 Å². The molecule has 3 heteroatoms. The average molecular weight is 224 g/mol. The van der Waals surface area contributed by atoms with Crippen molar-refractivity contribution in [1.29, 1.82) is 5.26 Å². The zero-order valence-corrected chi connectivity index (χ0v) is 9.02. The molecule has 1 aliphatic rings. The van der Waals surface area contributed by atoms with Crippen molar-refractivity contribution in [1.82, 2.24) is 0 Å². The summed E-state index contributed by atoms with van der Waals surface area (Å²) in [6, 6.07) is 7.03. The fourth-order valence-corrected chi connectivity index (χ4v) is 2.35. The molecule has 15 heavy (non-hydrogen) atoms. The van der Waals surface area contributed by atoms with Crippen LogP contribution in [0.2, 0.25) is 5.02 Å². The molecule has 0 atom stereocenters. The predicted molar refractivity (Wildman–Crippen MR) is 57.2 cm³/mol. The lowest BCUT2D eigenvalue weighted by Crippen LogP contribution is -2.19. The molecule has 2 rings (SSSR count). The third kappa shape index (κ3) is 1.72. The highest BCUT2D eigenvalue weighted by Gasteiger charge is 2.36. The molecule has 0 spiro atoms. The highest BCUT2D eigenvalue weighted by Crippen LogP contribution is 2.41. The highest BCUT2D eigenvalue weighted by atomic mass is 35.5. The summed E-state index contributed by atoms with van der Waals surface area (Å²) in [5.41, 5.74) is 0.287. The van der Waals surface area contributed by atoms with E-state index in [-0.39, 0.29) is 5.02 Å². The SMILES string of the molecule is N#CC1(c2ccc(Cl)c(F)c2)CCCC1. The van der Waals surface area contributed by atoms with E-state index in [0.29, 0.717) is 0 Å². The second-order valence-electron chi connectivity index (χ2n) is 4.03. The standard InChI is InChI=1S/C12H11ClFN/c13-10-4-3-9(7-11(10)14)12(8-15)5-1-2-6-12/h3-4,7H,1-2,5-6H2. The molecule has 0 unspecified atom stereocenters. The first kappa shape index (κ1) is 10.4. The van der Waals surface area contributed by atoms with Gasteiger partial charge in [-0.25, -0.2) is 4.39 Å². The zero-order valence-electron chi connectivity index (χ0n) is 8.26. The number of nitrogens with zero attached hydrogens (tertiary/aromatic N) is 1. The highest BCUT2D eigenvalue weighted by molar-refractivity contribution is 6.30. The lowest BCUT2D eigenvalue weighted by atomic mass is 9.80. The van der Waals surface area contributed by atoms with E-state index in [4.69, 9.17) is 11.6 Å². The maximum absolute atomic E-state index is 13.3. The van der Waals surface area contributed by atoms with Crippen LogP contribution in [0.25, 0.3) is 0 Å². The monoisotopic (exact) mass is 223 g/mol. The number of hydrogen-bond acceptors (Lipinski definition) is 1. The summed E-state index contributed by atoms with van der Waals surface area (Å²) in [5, 5.41) is 9.34. The number of halogens is 2. The molecule has 0 bridgehead atoms. The van der Waals surface area contributed by atoms with Crippen LogP contribution in [-0.2, 0) is 5.41 Å². The van der Waals surface area contributed by atoms with Gasteiger partial charge >= 0.3 is 0 Å². The van der Waals surface area contributed by atoms with Crippen LogP contribution in [0.3, 0.4) is 0 Å². The van der Waals surface area contributed by atoms with Gasteiger partial charge in [0, 0.05) is 0 Å².